The van der Waals surface area contributed by atoms with Crippen molar-refractivity contribution in [1.29, 1.82) is 0 Å². The van der Waals surface area contributed by atoms with Crippen LogP contribution >= 0.6 is 0 Å². The lowest BCUT2D eigenvalue weighted by atomic mass is 10.1. The third-order valence-corrected chi connectivity index (χ3v) is 9.35. The van der Waals surface area contributed by atoms with E-state index in [2.05, 4.69) is 31.8 Å². The first-order chi connectivity index (χ1) is 31.3. The lowest BCUT2D eigenvalue weighted by Crippen LogP contribution is -2.28. The van der Waals surface area contributed by atoms with Crippen molar-refractivity contribution in [3.8, 4) is 29.4 Å². The van der Waals surface area contributed by atoms with Crippen LogP contribution in [-0.2, 0) is 49.3 Å². The summed E-state index contributed by atoms with van der Waals surface area (Å²) in [7, 11) is 0. The second-order valence-electron chi connectivity index (χ2n) is 14.2. The number of nitrogens with one attached hydrogen (secondary N) is 3. The Kier molecular flexibility index (Phi) is 24.2. The molecule has 0 atom stereocenters. The molecule has 19 nitrogen and oxygen atoms in total. The summed E-state index contributed by atoms with van der Waals surface area (Å²) in [6, 6.07) is 12.1. The molecule has 4 rings (SSSR count). The van der Waals surface area contributed by atoms with E-state index in [9.17, 15) is 19.5 Å². The number of amides is 3. The molecule has 0 aliphatic rings. The minimum Gasteiger partial charge on any atom is -0.508 e. The SMILES string of the molecule is C#Cc1cccc(C(=O)NCCOCCOCCOCCC(=O)NCCOCCOCCOCCOCCC(=O)NCCCCn2nc(-c3ccc(O)c(C)c3)c3c(N)ncnc32)c1. The molecule has 6 N–H and O–H groups in total. The van der Waals surface area contributed by atoms with Crippen LogP contribution in [0.3, 0.4) is 0 Å². The fraction of sp³-hybridized carbons (Fsp3) is 0.511. The van der Waals surface area contributed by atoms with Crippen molar-refractivity contribution >= 4 is 34.6 Å². The summed E-state index contributed by atoms with van der Waals surface area (Å²) in [6.45, 7) is 8.86. The van der Waals surface area contributed by atoms with Crippen molar-refractivity contribution < 1.29 is 52.6 Å². The van der Waals surface area contributed by atoms with Gasteiger partial charge in [-0.3, -0.25) is 14.4 Å². The van der Waals surface area contributed by atoms with Gasteiger partial charge in [-0.2, -0.15) is 5.10 Å². The quantitative estimate of drug-likeness (QED) is 0.0334. The van der Waals surface area contributed by atoms with E-state index in [1.165, 1.54) is 6.33 Å². The van der Waals surface area contributed by atoms with E-state index >= 15 is 0 Å². The summed E-state index contributed by atoms with van der Waals surface area (Å²) >= 11 is 0. The summed E-state index contributed by atoms with van der Waals surface area (Å²) in [5.41, 5.74) is 10.2. The first-order valence-corrected chi connectivity index (χ1v) is 21.5. The van der Waals surface area contributed by atoms with Crippen LogP contribution in [-0.4, -0.2) is 155 Å². The fourth-order valence-corrected chi connectivity index (χ4v) is 5.97. The van der Waals surface area contributed by atoms with Crippen LogP contribution in [0.2, 0.25) is 0 Å². The first-order valence-electron chi connectivity index (χ1n) is 21.5. The van der Waals surface area contributed by atoms with Crippen LogP contribution in [0.25, 0.3) is 22.3 Å². The Bertz CT molecular complexity index is 2060. The minimum absolute atomic E-state index is 0.0835. The number of ether oxygens (including phenoxy) is 7. The van der Waals surface area contributed by atoms with Crippen LogP contribution in [0.4, 0.5) is 5.82 Å². The topological polar surface area (TPSA) is 242 Å². The zero-order chi connectivity index (χ0) is 45.6. The lowest BCUT2D eigenvalue weighted by Gasteiger charge is -2.09. The number of nitrogen functional groups attached to an aromatic ring is 1. The molecule has 64 heavy (non-hydrogen) atoms. The number of hydrogen-bond donors (Lipinski definition) is 5. The second kappa shape index (κ2) is 30.4. The largest absolute Gasteiger partial charge is 0.508 e. The number of anilines is 1. The van der Waals surface area contributed by atoms with Gasteiger partial charge in [-0.1, -0.05) is 12.0 Å². The van der Waals surface area contributed by atoms with Gasteiger partial charge >= 0.3 is 0 Å². The normalized spacial score (nSPS) is 11.1. The van der Waals surface area contributed by atoms with Crippen LogP contribution in [0.1, 0.15) is 47.2 Å². The molecule has 0 saturated carbocycles. The maximum Gasteiger partial charge on any atom is 0.251 e. The number of aromatic hydroxyl groups is 1. The van der Waals surface area contributed by atoms with Gasteiger partial charge in [-0.05, 0) is 61.7 Å². The smallest absolute Gasteiger partial charge is 0.251 e. The van der Waals surface area contributed by atoms with Crippen molar-refractivity contribution in [2.45, 2.75) is 39.2 Å². The molecule has 2 aromatic carbocycles. The number of aryl methyl sites for hydroxylation is 2. The Morgan fingerprint density at radius 1 is 0.703 bits per heavy atom. The van der Waals surface area contributed by atoms with Gasteiger partial charge in [0.15, 0.2) is 5.65 Å². The van der Waals surface area contributed by atoms with Gasteiger partial charge in [0.05, 0.1) is 97.9 Å². The van der Waals surface area contributed by atoms with Crippen molar-refractivity contribution in [3.05, 3.63) is 65.5 Å². The van der Waals surface area contributed by atoms with E-state index < -0.39 is 0 Å². The van der Waals surface area contributed by atoms with Gasteiger partial charge < -0.3 is 59.9 Å². The number of phenols is 1. The molecular formula is C45H62N8O11. The number of fused-ring (bicyclic) bond motifs is 1. The highest BCUT2D eigenvalue weighted by Gasteiger charge is 2.17. The fourth-order valence-electron chi connectivity index (χ4n) is 5.97. The summed E-state index contributed by atoms with van der Waals surface area (Å²) < 4.78 is 40.2. The van der Waals surface area contributed by atoms with Crippen LogP contribution in [0, 0.1) is 19.3 Å². The number of hydrogen-bond acceptors (Lipinski definition) is 15. The molecule has 0 saturated heterocycles. The molecule has 0 radical (unpaired) electrons. The first kappa shape index (κ1) is 50.9. The van der Waals surface area contributed by atoms with Crippen molar-refractivity contribution in [1.82, 2.24) is 35.7 Å². The highest BCUT2D eigenvalue weighted by atomic mass is 16.6. The molecule has 2 heterocycles. The average Bonchev–Trinajstić information content (AvgIpc) is 3.68. The van der Waals surface area contributed by atoms with Crippen LogP contribution in [0.5, 0.6) is 5.75 Å². The molecule has 3 amide bonds. The van der Waals surface area contributed by atoms with Crippen molar-refractivity contribution in [2.24, 2.45) is 0 Å². The maximum atomic E-state index is 12.2. The Labute approximate surface area is 374 Å². The van der Waals surface area contributed by atoms with Crippen molar-refractivity contribution in [3.63, 3.8) is 0 Å². The molecule has 0 aliphatic carbocycles. The van der Waals surface area contributed by atoms with Crippen molar-refractivity contribution in [2.75, 3.05) is 118 Å². The molecule has 2 aromatic heterocycles. The average molecular weight is 891 g/mol. The number of phenolic OH excluding ortho intramolecular Hbond substituents is 1. The van der Waals surface area contributed by atoms with E-state index in [-0.39, 0.29) is 42.9 Å². The van der Waals surface area contributed by atoms with Gasteiger partial charge in [-0.15, -0.1) is 6.42 Å². The number of carbonyl (C=O) groups is 3. The van der Waals surface area contributed by atoms with E-state index in [0.29, 0.717) is 146 Å². The molecule has 4 aromatic rings. The van der Waals surface area contributed by atoms with Gasteiger partial charge in [0.1, 0.15) is 23.6 Å². The Balaban J connectivity index is 0.850. The van der Waals surface area contributed by atoms with E-state index in [4.69, 9.17) is 50.4 Å². The second-order valence-corrected chi connectivity index (χ2v) is 14.2. The zero-order valence-corrected chi connectivity index (χ0v) is 36.6. The van der Waals surface area contributed by atoms with Gasteiger partial charge in [0.25, 0.3) is 5.91 Å². The molecule has 0 spiro atoms. The maximum absolute atomic E-state index is 12.2. The van der Waals surface area contributed by atoms with Gasteiger partial charge in [0.2, 0.25) is 11.8 Å². The van der Waals surface area contributed by atoms with E-state index in [1.807, 2.05) is 13.0 Å². The third-order valence-electron chi connectivity index (χ3n) is 9.35. The van der Waals surface area contributed by atoms with E-state index in [1.54, 1.807) is 41.1 Å². The van der Waals surface area contributed by atoms with Crippen LogP contribution in [0.15, 0.2) is 48.8 Å². The predicted octanol–water partition coefficient (Wildman–Crippen LogP) is 2.41. The Hall–Kier alpha value is -5.72. The monoisotopic (exact) mass is 890 g/mol. The standard InChI is InChI=1S/C45H62N8O11/c1-3-35-7-6-8-37(32-35)45(57)49-15-20-61-24-28-62-25-21-59-18-12-40(56)48-14-19-60-23-27-64-30-29-63-26-22-58-17-11-39(55)47-13-4-5-16-53-44-41(43(46)50-33-51-44)42(52-53)36-9-10-38(54)34(2)31-36/h1,6-10,31-33,54H,4-5,11-30H2,2H3,(H,47,55)(H,48,56)(H,49,57)(H2,46,50,51). The summed E-state index contributed by atoms with van der Waals surface area (Å²) in [5.74, 6) is 2.63. The predicted molar refractivity (Wildman–Crippen MR) is 239 cm³/mol. The highest BCUT2D eigenvalue weighted by Crippen LogP contribution is 2.32. The molecule has 0 unspecified atom stereocenters. The van der Waals surface area contributed by atoms with E-state index in [0.717, 1.165) is 24.0 Å². The molecule has 19 heteroatoms. The lowest BCUT2D eigenvalue weighted by molar-refractivity contribution is -0.123. The number of aromatic nitrogens is 4. The number of nitrogens with zero attached hydrogens (tertiary/aromatic N) is 4. The van der Waals surface area contributed by atoms with Gasteiger partial charge in [0, 0.05) is 55.7 Å². The Morgan fingerprint density at radius 3 is 1.86 bits per heavy atom. The van der Waals surface area contributed by atoms with Gasteiger partial charge in [-0.25, -0.2) is 14.6 Å². The molecule has 348 valence electrons. The number of rotatable bonds is 34. The zero-order valence-electron chi connectivity index (χ0n) is 36.6. The van der Waals surface area contributed by atoms with Crippen LogP contribution < -0.4 is 21.7 Å². The number of nitrogens with two attached hydrogens (primary N) is 1. The number of carbonyl (C=O) groups excluding carboxylic acids is 3. The third kappa shape index (κ3) is 19.3. The number of unbranched alkanes of at least 4 members (excludes halogenated alkanes) is 1. The number of benzene rings is 2. The molecule has 0 aliphatic heterocycles. The minimum atomic E-state index is -0.209. The number of terminal acetylenes is 1. The molecule has 0 fully saturated rings. The molecular weight excluding hydrogens is 829 g/mol. The highest BCUT2D eigenvalue weighted by molar-refractivity contribution is 5.98. The summed E-state index contributed by atoms with van der Waals surface area (Å²) in [5, 5.41) is 23.8. The summed E-state index contributed by atoms with van der Waals surface area (Å²) in [4.78, 5) is 44.9. The Morgan fingerprint density at radius 2 is 1.27 bits per heavy atom. The summed E-state index contributed by atoms with van der Waals surface area (Å²) in [6.07, 6.45) is 8.78. The molecule has 0 bridgehead atoms.